The Labute approximate surface area is 211 Å². The molecule has 1 aliphatic carbocycles. The highest BCUT2D eigenvalue weighted by atomic mass is 19.1. The number of aromatic nitrogens is 2. The van der Waals surface area contributed by atoms with E-state index in [1.54, 1.807) is 41.1 Å². The van der Waals surface area contributed by atoms with Crippen molar-refractivity contribution in [3.05, 3.63) is 59.5 Å². The zero-order valence-electron chi connectivity index (χ0n) is 21.2. The Morgan fingerprint density at radius 2 is 1.81 bits per heavy atom. The molecule has 192 valence electrons. The fourth-order valence-electron chi connectivity index (χ4n) is 4.89. The number of fused-ring (bicyclic) bond motifs is 1. The van der Waals surface area contributed by atoms with Crippen molar-refractivity contribution in [1.29, 1.82) is 0 Å². The maximum absolute atomic E-state index is 14.9. The van der Waals surface area contributed by atoms with Gasteiger partial charge in [0.1, 0.15) is 23.1 Å². The number of halogens is 1. The SMILES string of the molecule is CC(C)(C)C(NC(=O)c1nn(CC2CCCCC2)c2c(F)cccc12)C(=O)NCc1ccc(O)cc1. The number of amides is 2. The largest absolute Gasteiger partial charge is 0.508 e. The number of carbonyl (C=O) groups excluding carboxylic acids is 2. The molecule has 0 saturated heterocycles. The fourth-order valence-corrected chi connectivity index (χ4v) is 4.89. The minimum absolute atomic E-state index is 0.126. The molecule has 1 aliphatic rings. The molecular formula is C28H35FN4O3. The quantitative estimate of drug-likeness (QED) is 0.434. The van der Waals surface area contributed by atoms with Gasteiger partial charge in [0.2, 0.25) is 5.91 Å². The van der Waals surface area contributed by atoms with Gasteiger partial charge in [-0.3, -0.25) is 14.3 Å². The van der Waals surface area contributed by atoms with Crippen LogP contribution in [0.5, 0.6) is 5.75 Å². The standard InChI is InChI=1S/C28H35FN4O3/c1-28(2,3)25(27(36)30-16-18-12-14-20(34)15-13-18)31-26(35)23-21-10-7-11-22(29)24(21)33(32-23)17-19-8-5-4-6-9-19/h7,10-15,19,25,34H,4-6,8-9,16-17H2,1-3H3,(H,30,36)(H,31,35). The smallest absolute Gasteiger partial charge is 0.273 e. The predicted molar refractivity (Wildman–Crippen MR) is 137 cm³/mol. The number of rotatable bonds is 7. The zero-order valence-corrected chi connectivity index (χ0v) is 21.2. The summed E-state index contributed by atoms with van der Waals surface area (Å²) in [5, 5.41) is 20.2. The van der Waals surface area contributed by atoms with Crippen molar-refractivity contribution in [1.82, 2.24) is 20.4 Å². The molecule has 1 saturated carbocycles. The van der Waals surface area contributed by atoms with E-state index in [0.717, 1.165) is 31.2 Å². The van der Waals surface area contributed by atoms with Gasteiger partial charge in [-0.05, 0) is 47.9 Å². The van der Waals surface area contributed by atoms with E-state index < -0.39 is 23.2 Å². The van der Waals surface area contributed by atoms with E-state index in [9.17, 15) is 19.1 Å². The summed E-state index contributed by atoms with van der Waals surface area (Å²) in [5.41, 5.74) is 0.696. The average Bonchev–Trinajstić information content (AvgIpc) is 3.21. The maximum atomic E-state index is 14.9. The van der Waals surface area contributed by atoms with Crippen LogP contribution < -0.4 is 10.6 Å². The van der Waals surface area contributed by atoms with Gasteiger partial charge in [0.05, 0.1) is 0 Å². The number of para-hydroxylation sites is 1. The molecule has 1 unspecified atom stereocenters. The third-order valence-corrected chi connectivity index (χ3v) is 6.90. The Hall–Kier alpha value is -3.42. The van der Waals surface area contributed by atoms with Crippen LogP contribution in [0.25, 0.3) is 10.9 Å². The summed E-state index contributed by atoms with van der Waals surface area (Å²) >= 11 is 0. The van der Waals surface area contributed by atoms with Crippen molar-refractivity contribution in [2.24, 2.45) is 11.3 Å². The number of nitrogens with one attached hydrogen (secondary N) is 2. The Morgan fingerprint density at radius 1 is 1.11 bits per heavy atom. The lowest BCUT2D eigenvalue weighted by molar-refractivity contribution is -0.125. The molecule has 8 heteroatoms. The Morgan fingerprint density at radius 3 is 2.47 bits per heavy atom. The normalized spacial score (nSPS) is 15.6. The monoisotopic (exact) mass is 494 g/mol. The summed E-state index contributed by atoms with van der Waals surface area (Å²) in [6.07, 6.45) is 5.69. The first-order chi connectivity index (χ1) is 17.1. The van der Waals surface area contributed by atoms with Gasteiger partial charge in [-0.15, -0.1) is 0 Å². The molecule has 2 aromatic carbocycles. The second kappa shape index (κ2) is 10.7. The lowest BCUT2D eigenvalue weighted by Gasteiger charge is -2.30. The van der Waals surface area contributed by atoms with Crippen LogP contribution in [0.1, 0.15) is 68.9 Å². The first-order valence-electron chi connectivity index (χ1n) is 12.6. The highest BCUT2D eigenvalue weighted by Gasteiger charge is 2.34. The van der Waals surface area contributed by atoms with Gasteiger partial charge in [0.15, 0.2) is 5.69 Å². The molecule has 0 bridgehead atoms. The number of hydrogen-bond donors (Lipinski definition) is 3. The van der Waals surface area contributed by atoms with Gasteiger partial charge in [-0.25, -0.2) is 4.39 Å². The van der Waals surface area contributed by atoms with Crippen LogP contribution in [0.3, 0.4) is 0 Å². The molecule has 3 aromatic rings. The second-order valence-corrected chi connectivity index (χ2v) is 10.8. The number of aromatic hydroxyl groups is 1. The Bertz CT molecular complexity index is 1220. The van der Waals surface area contributed by atoms with Crippen molar-refractivity contribution in [2.75, 3.05) is 0 Å². The van der Waals surface area contributed by atoms with Gasteiger partial charge < -0.3 is 15.7 Å². The van der Waals surface area contributed by atoms with Crippen molar-refractivity contribution in [3.63, 3.8) is 0 Å². The molecule has 7 nitrogen and oxygen atoms in total. The highest BCUT2D eigenvalue weighted by Crippen LogP contribution is 2.29. The molecule has 1 heterocycles. The molecule has 2 amide bonds. The second-order valence-electron chi connectivity index (χ2n) is 10.8. The third kappa shape index (κ3) is 5.86. The number of phenols is 1. The van der Waals surface area contributed by atoms with E-state index >= 15 is 0 Å². The predicted octanol–water partition coefficient (Wildman–Crippen LogP) is 4.92. The summed E-state index contributed by atoms with van der Waals surface area (Å²) < 4.78 is 16.5. The lowest BCUT2D eigenvalue weighted by atomic mass is 9.86. The molecule has 3 N–H and O–H groups in total. The maximum Gasteiger partial charge on any atom is 0.273 e. The van der Waals surface area contributed by atoms with Crippen molar-refractivity contribution in [2.45, 2.75) is 72.0 Å². The van der Waals surface area contributed by atoms with E-state index in [4.69, 9.17) is 0 Å². The van der Waals surface area contributed by atoms with Crippen molar-refractivity contribution < 1.29 is 19.1 Å². The van der Waals surface area contributed by atoms with Gasteiger partial charge in [-0.2, -0.15) is 5.10 Å². The third-order valence-electron chi connectivity index (χ3n) is 6.90. The van der Waals surface area contributed by atoms with Gasteiger partial charge in [0.25, 0.3) is 5.91 Å². The van der Waals surface area contributed by atoms with E-state index in [1.807, 2.05) is 20.8 Å². The molecular weight excluding hydrogens is 459 g/mol. The topological polar surface area (TPSA) is 96.2 Å². The summed E-state index contributed by atoms with van der Waals surface area (Å²) in [6.45, 7) is 6.44. The number of hydrogen-bond acceptors (Lipinski definition) is 4. The van der Waals surface area contributed by atoms with Crippen molar-refractivity contribution in [3.8, 4) is 5.75 Å². The van der Waals surface area contributed by atoms with Gasteiger partial charge in [-0.1, -0.05) is 64.3 Å². The average molecular weight is 495 g/mol. The summed E-state index contributed by atoms with van der Waals surface area (Å²) in [6, 6.07) is 10.4. The number of benzene rings is 2. The Balaban J connectivity index is 1.55. The van der Waals surface area contributed by atoms with E-state index in [-0.39, 0.29) is 23.9 Å². The molecule has 0 spiro atoms. The van der Waals surface area contributed by atoms with Crippen LogP contribution in [-0.4, -0.2) is 32.7 Å². The molecule has 1 aromatic heterocycles. The summed E-state index contributed by atoms with van der Waals surface area (Å²) in [7, 11) is 0. The fraction of sp³-hybridized carbons (Fsp3) is 0.464. The molecule has 36 heavy (non-hydrogen) atoms. The first-order valence-corrected chi connectivity index (χ1v) is 12.6. The molecule has 1 atom stereocenters. The minimum atomic E-state index is -0.839. The van der Waals surface area contributed by atoms with Gasteiger partial charge in [0, 0.05) is 18.5 Å². The van der Waals surface area contributed by atoms with Crippen LogP contribution in [0.2, 0.25) is 0 Å². The lowest BCUT2D eigenvalue weighted by Crippen LogP contribution is -2.53. The molecule has 1 fully saturated rings. The van der Waals surface area contributed by atoms with Crippen LogP contribution >= 0.6 is 0 Å². The van der Waals surface area contributed by atoms with Gasteiger partial charge >= 0.3 is 0 Å². The molecule has 4 rings (SSSR count). The number of carbonyl (C=O) groups is 2. The van der Waals surface area contributed by atoms with E-state index in [1.165, 1.54) is 12.5 Å². The number of phenolic OH excluding ortho intramolecular Hbond substituents is 1. The first kappa shape index (κ1) is 25.7. The van der Waals surface area contributed by atoms with E-state index in [2.05, 4.69) is 15.7 Å². The molecule has 0 radical (unpaired) electrons. The van der Waals surface area contributed by atoms with Crippen LogP contribution in [0, 0.1) is 17.2 Å². The van der Waals surface area contributed by atoms with Crippen molar-refractivity contribution >= 4 is 22.7 Å². The van der Waals surface area contributed by atoms with E-state index in [0.29, 0.717) is 23.4 Å². The van der Waals surface area contributed by atoms with Crippen LogP contribution in [-0.2, 0) is 17.9 Å². The molecule has 0 aliphatic heterocycles. The van der Waals surface area contributed by atoms with Crippen LogP contribution in [0.15, 0.2) is 42.5 Å². The highest BCUT2D eigenvalue weighted by molar-refractivity contribution is 6.06. The number of nitrogens with zero attached hydrogens (tertiary/aromatic N) is 2. The summed E-state index contributed by atoms with van der Waals surface area (Å²) in [4.78, 5) is 26.6. The summed E-state index contributed by atoms with van der Waals surface area (Å²) in [5.74, 6) is -0.690. The zero-order chi connectivity index (χ0) is 25.9. The Kier molecular flexibility index (Phi) is 7.62. The minimum Gasteiger partial charge on any atom is -0.508 e. The van der Waals surface area contributed by atoms with Crippen LogP contribution in [0.4, 0.5) is 4.39 Å².